The van der Waals surface area contributed by atoms with Crippen LogP contribution in [0, 0.1) is 5.41 Å². The zero-order valence-electron chi connectivity index (χ0n) is 13.3. The average Bonchev–Trinajstić information content (AvgIpc) is 2.39. The molecular weight excluding hydrogens is 252 g/mol. The van der Waals surface area contributed by atoms with Crippen LogP contribution in [-0.4, -0.2) is 19.3 Å². The van der Waals surface area contributed by atoms with Crippen molar-refractivity contribution < 1.29 is 9.47 Å². The molecule has 4 nitrogen and oxygen atoms in total. The smallest absolute Gasteiger partial charge is 0.119 e. The lowest BCUT2D eigenvalue weighted by Gasteiger charge is -2.36. The van der Waals surface area contributed by atoms with Crippen LogP contribution in [0.25, 0.3) is 0 Å². The van der Waals surface area contributed by atoms with Gasteiger partial charge in [0.1, 0.15) is 5.75 Å². The van der Waals surface area contributed by atoms with E-state index in [0.717, 1.165) is 11.3 Å². The van der Waals surface area contributed by atoms with Crippen molar-refractivity contribution in [2.24, 2.45) is 11.3 Å². The van der Waals surface area contributed by atoms with Crippen LogP contribution in [0.3, 0.4) is 0 Å². The van der Waals surface area contributed by atoms with E-state index >= 15 is 0 Å². The molecule has 0 aliphatic carbocycles. The van der Waals surface area contributed by atoms with Crippen molar-refractivity contribution in [1.29, 1.82) is 0 Å². The van der Waals surface area contributed by atoms with Gasteiger partial charge in [0.25, 0.3) is 0 Å². The highest BCUT2D eigenvalue weighted by Crippen LogP contribution is 2.33. The highest BCUT2D eigenvalue weighted by molar-refractivity contribution is 5.30. The Morgan fingerprint density at radius 2 is 1.70 bits per heavy atom. The molecule has 0 aromatic heterocycles. The summed E-state index contributed by atoms with van der Waals surface area (Å²) < 4.78 is 11.4. The topological polar surface area (TPSA) is 56.5 Å². The summed E-state index contributed by atoms with van der Waals surface area (Å²) in [5, 5.41) is 0. The minimum absolute atomic E-state index is 0.00422. The second kappa shape index (κ2) is 7.62. The van der Waals surface area contributed by atoms with Crippen molar-refractivity contribution in [3.8, 4) is 5.75 Å². The molecule has 1 rings (SSSR count). The standard InChI is InChI=1S/C16H28N2O2/c1-6-19-13-10-8-12(9-11-13)14(18-17)15(20-7-2)16(3,4)5/h8-11,14-15,18H,6-7,17H2,1-5H3. The lowest BCUT2D eigenvalue weighted by atomic mass is 9.82. The maximum Gasteiger partial charge on any atom is 0.119 e. The number of rotatable bonds is 7. The molecule has 20 heavy (non-hydrogen) atoms. The Morgan fingerprint density at radius 3 is 2.10 bits per heavy atom. The Morgan fingerprint density at radius 1 is 1.10 bits per heavy atom. The van der Waals surface area contributed by atoms with E-state index in [0.29, 0.717) is 13.2 Å². The SMILES string of the molecule is CCOc1ccc(C(NN)C(OCC)C(C)(C)C)cc1. The van der Waals surface area contributed by atoms with Crippen LogP contribution in [0.15, 0.2) is 24.3 Å². The Labute approximate surface area is 122 Å². The Balaban J connectivity index is 2.97. The molecule has 0 bridgehead atoms. The van der Waals surface area contributed by atoms with E-state index in [4.69, 9.17) is 15.3 Å². The molecule has 1 aromatic rings. The number of hydrazine groups is 1. The summed E-state index contributed by atoms with van der Waals surface area (Å²) >= 11 is 0. The normalized spacial score (nSPS) is 14.9. The molecule has 0 spiro atoms. The van der Waals surface area contributed by atoms with Gasteiger partial charge in [-0.3, -0.25) is 11.3 Å². The number of nitrogens with two attached hydrogens (primary N) is 1. The molecule has 0 aliphatic heterocycles. The minimum Gasteiger partial charge on any atom is -0.494 e. The molecule has 114 valence electrons. The Kier molecular flexibility index (Phi) is 6.46. The van der Waals surface area contributed by atoms with Gasteiger partial charge in [-0.15, -0.1) is 0 Å². The molecular formula is C16H28N2O2. The Bertz CT molecular complexity index is 384. The van der Waals surface area contributed by atoms with Gasteiger partial charge in [-0.1, -0.05) is 32.9 Å². The molecule has 4 heteroatoms. The predicted molar refractivity (Wildman–Crippen MR) is 82.5 cm³/mol. The first-order chi connectivity index (χ1) is 9.43. The lowest BCUT2D eigenvalue weighted by Crippen LogP contribution is -2.44. The summed E-state index contributed by atoms with van der Waals surface area (Å²) in [6.07, 6.45) is -0.00422. The minimum atomic E-state index is -0.0503. The first-order valence-electron chi connectivity index (χ1n) is 7.24. The van der Waals surface area contributed by atoms with Crippen molar-refractivity contribution in [2.45, 2.75) is 46.8 Å². The third-order valence-electron chi connectivity index (χ3n) is 3.23. The third-order valence-corrected chi connectivity index (χ3v) is 3.23. The average molecular weight is 280 g/mol. The highest BCUT2D eigenvalue weighted by atomic mass is 16.5. The van der Waals surface area contributed by atoms with E-state index in [1.54, 1.807) is 0 Å². The van der Waals surface area contributed by atoms with Gasteiger partial charge in [0.05, 0.1) is 18.8 Å². The second-order valence-electron chi connectivity index (χ2n) is 5.89. The number of ether oxygens (including phenoxy) is 2. The predicted octanol–water partition coefficient (Wildman–Crippen LogP) is 3.04. The molecule has 0 aliphatic rings. The van der Waals surface area contributed by atoms with Gasteiger partial charge in [-0.05, 0) is 37.0 Å². The van der Waals surface area contributed by atoms with Crippen LogP contribution < -0.4 is 16.0 Å². The third kappa shape index (κ3) is 4.47. The van der Waals surface area contributed by atoms with E-state index in [9.17, 15) is 0 Å². The first kappa shape index (κ1) is 17.0. The zero-order chi connectivity index (χ0) is 15.2. The first-order valence-corrected chi connectivity index (χ1v) is 7.24. The Hall–Kier alpha value is -1.10. The zero-order valence-corrected chi connectivity index (χ0v) is 13.3. The van der Waals surface area contributed by atoms with Gasteiger partial charge in [0.2, 0.25) is 0 Å². The number of benzene rings is 1. The van der Waals surface area contributed by atoms with Crippen molar-refractivity contribution in [3.63, 3.8) is 0 Å². The van der Waals surface area contributed by atoms with Crippen molar-refractivity contribution in [1.82, 2.24) is 5.43 Å². The molecule has 0 radical (unpaired) electrons. The van der Waals surface area contributed by atoms with Gasteiger partial charge < -0.3 is 9.47 Å². The van der Waals surface area contributed by atoms with Crippen molar-refractivity contribution >= 4 is 0 Å². The summed E-state index contributed by atoms with van der Waals surface area (Å²) in [6, 6.07) is 7.95. The van der Waals surface area contributed by atoms with Gasteiger partial charge in [-0.25, -0.2) is 0 Å². The number of nitrogens with one attached hydrogen (secondary N) is 1. The summed E-state index contributed by atoms with van der Waals surface area (Å²) in [7, 11) is 0. The molecule has 0 fully saturated rings. The molecule has 0 amide bonds. The summed E-state index contributed by atoms with van der Waals surface area (Å²) in [4.78, 5) is 0. The molecule has 0 saturated carbocycles. The van der Waals surface area contributed by atoms with Crippen LogP contribution in [0.4, 0.5) is 0 Å². The van der Waals surface area contributed by atoms with E-state index in [2.05, 4.69) is 26.2 Å². The fourth-order valence-corrected chi connectivity index (χ4v) is 2.32. The number of hydrogen-bond acceptors (Lipinski definition) is 4. The number of hydrogen-bond donors (Lipinski definition) is 2. The van der Waals surface area contributed by atoms with E-state index in [-0.39, 0.29) is 17.6 Å². The molecule has 2 unspecified atom stereocenters. The molecule has 3 N–H and O–H groups in total. The van der Waals surface area contributed by atoms with Crippen LogP contribution in [0.1, 0.15) is 46.2 Å². The van der Waals surface area contributed by atoms with Crippen LogP contribution in [0.2, 0.25) is 0 Å². The van der Waals surface area contributed by atoms with E-state index in [1.165, 1.54) is 0 Å². The van der Waals surface area contributed by atoms with Gasteiger partial charge in [0, 0.05) is 6.61 Å². The largest absolute Gasteiger partial charge is 0.494 e. The van der Waals surface area contributed by atoms with Crippen LogP contribution >= 0.6 is 0 Å². The summed E-state index contributed by atoms with van der Waals surface area (Å²) in [5.41, 5.74) is 3.99. The van der Waals surface area contributed by atoms with Gasteiger partial charge >= 0.3 is 0 Å². The summed E-state index contributed by atoms with van der Waals surface area (Å²) in [5.74, 6) is 6.64. The second-order valence-corrected chi connectivity index (χ2v) is 5.89. The molecule has 2 atom stereocenters. The van der Waals surface area contributed by atoms with Crippen molar-refractivity contribution in [2.75, 3.05) is 13.2 Å². The van der Waals surface area contributed by atoms with E-state index < -0.39 is 0 Å². The maximum atomic E-state index is 5.92. The fraction of sp³-hybridized carbons (Fsp3) is 0.625. The monoisotopic (exact) mass is 280 g/mol. The van der Waals surface area contributed by atoms with Gasteiger partial charge in [-0.2, -0.15) is 0 Å². The van der Waals surface area contributed by atoms with Gasteiger partial charge in [0.15, 0.2) is 0 Å². The summed E-state index contributed by atoms with van der Waals surface area (Å²) in [6.45, 7) is 11.8. The van der Waals surface area contributed by atoms with Crippen molar-refractivity contribution in [3.05, 3.63) is 29.8 Å². The van der Waals surface area contributed by atoms with E-state index in [1.807, 2.05) is 38.1 Å². The lowest BCUT2D eigenvalue weighted by molar-refractivity contribution is -0.0366. The molecule has 0 heterocycles. The highest BCUT2D eigenvalue weighted by Gasteiger charge is 2.33. The maximum absolute atomic E-state index is 5.92. The van der Waals surface area contributed by atoms with Crippen LogP contribution in [0.5, 0.6) is 5.75 Å². The molecule has 0 saturated heterocycles. The molecule has 1 aromatic carbocycles. The fourth-order valence-electron chi connectivity index (χ4n) is 2.32. The van der Waals surface area contributed by atoms with Crippen LogP contribution in [-0.2, 0) is 4.74 Å². The quantitative estimate of drug-likeness (QED) is 0.595.